The zero-order chi connectivity index (χ0) is 19.9. The second-order valence-electron chi connectivity index (χ2n) is 6.03. The van der Waals surface area contributed by atoms with Crippen molar-refractivity contribution in [1.82, 2.24) is 15.3 Å². The highest BCUT2D eigenvalue weighted by atomic mass is 32.1. The predicted molar refractivity (Wildman–Crippen MR) is 110 cm³/mol. The molecule has 3 rings (SSSR count). The van der Waals surface area contributed by atoms with Crippen molar-refractivity contribution >= 4 is 22.9 Å². The number of aromatic nitrogens is 2. The molecule has 0 saturated heterocycles. The van der Waals surface area contributed by atoms with Gasteiger partial charge in [0.15, 0.2) is 11.5 Å². The van der Waals surface area contributed by atoms with Gasteiger partial charge in [-0.2, -0.15) is 0 Å². The van der Waals surface area contributed by atoms with Crippen molar-refractivity contribution in [3.05, 3.63) is 53.1 Å². The van der Waals surface area contributed by atoms with Crippen molar-refractivity contribution in [3.8, 4) is 22.8 Å². The van der Waals surface area contributed by atoms with Gasteiger partial charge in [-0.05, 0) is 31.2 Å². The Balaban J connectivity index is 1.55. The summed E-state index contributed by atoms with van der Waals surface area (Å²) in [5.41, 5.74) is 2.50. The molecule has 0 saturated carbocycles. The molecule has 7 nitrogen and oxygen atoms in total. The predicted octanol–water partition coefficient (Wildman–Crippen LogP) is 3.51. The van der Waals surface area contributed by atoms with Crippen LogP contribution in [-0.2, 0) is 4.79 Å². The summed E-state index contributed by atoms with van der Waals surface area (Å²) in [5.74, 6) is 1.02. The number of pyridine rings is 1. The van der Waals surface area contributed by atoms with Gasteiger partial charge in [-0.25, -0.2) is 4.98 Å². The molecule has 1 atom stereocenters. The van der Waals surface area contributed by atoms with Crippen LogP contribution >= 0.6 is 11.3 Å². The fourth-order valence-electron chi connectivity index (χ4n) is 2.59. The lowest BCUT2D eigenvalue weighted by Gasteiger charge is -2.13. The van der Waals surface area contributed by atoms with Crippen molar-refractivity contribution in [3.63, 3.8) is 0 Å². The highest BCUT2D eigenvalue weighted by molar-refractivity contribution is 7.10. The molecule has 2 heterocycles. The van der Waals surface area contributed by atoms with Crippen LogP contribution in [0.1, 0.15) is 18.0 Å². The van der Waals surface area contributed by atoms with Gasteiger partial charge < -0.3 is 14.8 Å². The lowest BCUT2D eigenvalue weighted by Crippen LogP contribution is -2.30. The molecule has 0 aliphatic heterocycles. The summed E-state index contributed by atoms with van der Waals surface area (Å²) < 4.78 is 10.4. The Morgan fingerprint density at radius 1 is 1.21 bits per heavy atom. The Hall–Kier alpha value is -2.97. The van der Waals surface area contributed by atoms with Crippen molar-refractivity contribution in [2.45, 2.75) is 13.0 Å². The molecule has 0 radical (unpaired) electrons. The zero-order valence-electron chi connectivity index (χ0n) is 15.9. The van der Waals surface area contributed by atoms with Crippen LogP contribution < -0.4 is 20.1 Å². The molecule has 8 heteroatoms. The van der Waals surface area contributed by atoms with E-state index < -0.39 is 0 Å². The number of rotatable bonds is 8. The summed E-state index contributed by atoms with van der Waals surface area (Å²) in [6.07, 6.45) is 3.52. The van der Waals surface area contributed by atoms with Gasteiger partial charge in [-0.1, -0.05) is 0 Å². The number of methoxy groups -OCH3 is 2. The first kappa shape index (κ1) is 19.8. The number of anilines is 1. The van der Waals surface area contributed by atoms with E-state index in [1.54, 1.807) is 56.1 Å². The molecule has 0 fully saturated rings. The van der Waals surface area contributed by atoms with Gasteiger partial charge >= 0.3 is 0 Å². The van der Waals surface area contributed by atoms with Gasteiger partial charge in [0.05, 0.1) is 32.5 Å². The standard InChI is InChI=1S/C20H22N4O3S/c1-13(20-24-16(12-28-20)14-5-4-8-21-10-14)22-11-19(25)23-15-6-7-17(26-2)18(9-15)27-3/h4-10,12-13,22H,11H2,1-3H3,(H,23,25)/t13-/m0/s1. The maximum absolute atomic E-state index is 12.3. The first-order chi connectivity index (χ1) is 13.6. The van der Waals surface area contributed by atoms with Gasteiger partial charge in [0.2, 0.25) is 5.91 Å². The average Bonchev–Trinajstić information content (AvgIpc) is 3.23. The van der Waals surface area contributed by atoms with Crippen molar-refractivity contribution in [2.75, 3.05) is 26.1 Å². The molecule has 2 aromatic heterocycles. The maximum atomic E-state index is 12.3. The summed E-state index contributed by atoms with van der Waals surface area (Å²) in [7, 11) is 3.13. The highest BCUT2D eigenvalue weighted by Gasteiger charge is 2.13. The zero-order valence-corrected chi connectivity index (χ0v) is 16.7. The van der Waals surface area contributed by atoms with Gasteiger partial charge in [-0.3, -0.25) is 15.1 Å². The van der Waals surface area contributed by atoms with Gasteiger partial charge in [0.25, 0.3) is 0 Å². The first-order valence-electron chi connectivity index (χ1n) is 8.71. The summed E-state index contributed by atoms with van der Waals surface area (Å²) in [5, 5.41) is 8.95. The van der Waals surface area contributed by atoms with Gasteiger partial charge in [0.1, 0.15) is 5.01 Å². The lowest BCUT2D eigenvalue weighted by molar-refractivity contribution is -0.115. The SMILES string of the molecule is COc1ccc(NC(=O)CN[C@@H](C)c2nc(-c3cccnc3)cs2)cc1OC. The summed E-state index contributed by atoms with van der Waals surface area (Å²) >= 11 is 1.55. The molecular weight excluding hydrogens is 376 g/mol. The van der Waals surface area contributed by atoms with E-state index in [0.717, 1.165) is 16.3 Å². The summed E-state index contributed by atoms with van der Waals surface area (Å²) in [6, 6.07) is 9.05. The molecule has 0 spiro atoms. The van der Waals surface area contributed by atoms with E-state index in [1.807, 2.05) is 24.4 Å². The van der Waals surface area contributed by atoms with E-state index in [4.69, 9.17) is 9.47 Å². The maximum Gasteiger partial charge on any atom is 0.238 e. The first-order valence-corrected chi connectivity index (χ1v) is 9.59. The minimum absolute atomic E-state index is 0.0495. The highest BCUT2D eigenvalue weighted by Crippen LogP contribution is 2.29. The molecule has 1 aromatic carbocycles. The molecular formula is C20H22N4O3S. The molecule has 3 aromatic rings. The third-order valence-electron chi connectivity index (χ3n) is 4.09. The minimum Gasteiger partial charge on any atom is -0.493 e. The van der Waals surface area contributed by atoms with Crippen LogP contribution in [0.15, 0.2) is 48.1 Å². The number of nitrogens with one attached hydrogen (secondary N) is 2. The normalized spacial score (nSPS) is 11.7. The number of amides is 1. The topological polar surface area (TPSA) is 85.4 Å². The van der Waals surface area contributed by atoms with Gasteiger partial charge in [0, 0.05) is 35.1 Å². The van der Waals surface area contributed by atoms with Crippen LogP contribution in [0.4, 0.5) is 5.69 Å². The monoisotopic (exact) mass is 398 g/mol. The van der Waals surface area contributed by atoms with Crippen molar-refractivity contribution < 1.29 is 14.3 Å². The number of hydrogen-bond acceptors (Lipinski definition) is 7. The Kier molecular flexibility index (Phi) is 6.57. The fourth-order valence-corrected chi connectivity index (χ4v) is 3.45. The minimum atomic E-state index is -0.150. The second-order valence-corrected chi connectivity index (χ2v) is 6.92. The van der Waals surface area contributed by atoms with Crippen LogP contribution in [0, 0.1) is 0 Å². The largest absolute Gasteiger partial charge is 0.493 e. The van der Waals surface area contributed by atoms with E-state index in [2.05, 4.69) is 20.6 Å². The van der Waals surface area contributed by atoms with Crippen LogP contribution in [0.3, 0.4) is 0 Å². The lowest BCUT2D eigenvalue weighted by atomic mass is 10.2. The van der Waals surface area contributed by atoms with E-state index in [-0.39, 0.29) is 18.5 Å². The second kappa shape index (κ2) is 9.29. The number of benzene rings is 1. The molecule has 1 amide bonds. The number of nitrogens with zero attached hydrogens (tertiary/aromatic N) is 2. The van der Waals surface area contributed by atoms with Crippen LogP contribution in [-0.4, -0.2) is 36.6 Å². The molecule has 146 valence electrons. The van der Waals surface area contributed by atoms with Crippen LogP contribution in [0.5, 0.6) is 11.5 Å². The van der Waals surface area contributed by atoms with E-state index in [0.29, 0.717) is 17.2 Å². The molecule has 0 bridgehead atoms. The third kappa shape index (κ3) is 4.85. The number of ether oxygens (including phenoxy) is 2. The van der Waals surface area contributed by atoms with Crippen LogP contribution in [0.2, 0.25) is 0 Å². The number of carbonyl (C=O) groups is 1. The fraction of sp³-hybridized carbons (Fsp3) is 0.250. The summed E-state index contributed by atoms with van der Waals surface area (Å²) in [4.78, 5) is 21.0. The van der Waals surface area contributed by atoms with Gasteiger partial charge in [-0.15, -0.1) is 11.3 Å². The molecule has 0 aliphatic rings. The molecule has 28 heavy (non-hydrogen) atoms. The van der Waals surface area contributed by atoms with E-state index in [1.165, 1.54) is 0 Å². The summed E-state index contributed by atoms with van der Waals surface area (Å²) in [6.45, 7) is 2.15. The number of carbonyl (C=O) groups excluding carboxylic acids is 1. The smallest absolute Gasteiger partial charge is 0.238 e. The van der Waals surface area contributed by atoms with E-state index in [9.17, 15) is 4.79 Å². The van der Waals surface area contributed by atoms with Crippen LogP contribution in [0.25, 0.3) is 11.3 Å². The van der Waals surface area contributed by atoms with E-state index >= 15 is 0 Å². The quantitative estimate of drug-likeness (QED) is 0.604. The number of thiazole rings is 1. The Bertz CT molecular complexity index is 930. The van der Waals surface area contributed by atoms with Crippen molar-refractivity contribution in [2.24, 2.45) is 0 Å². The average molecular weight is 398 g/mol. The number of hydrogen-bond donors (Lipinski definition) is 2. The molecule has 0 aliphatic carbocycles. The molecule has 2 N–H and O–H groups in total. The molecule has 0 unspecified atom stereocenters. The Morgan fingerprint density at radius 2 is 2.04 bits per heavy atom. The van der Waals surface area contributed by atoms with Crippen molar-refractivity contribution in [1.29, 1.82) is 0 Å². The Morgan fingerprint density at radius 3 is 2.75 bits per heavy atom. The Labute approximate surface area is 167 Å². The third-order valence-corrected chi connectivity index (χ3v) is 5.11.